The SMILES string of the molecule is C=CCN1C(=O)[C@]2(O[C@H](CC(=O)N3Cc4ccccc4C[C@H]3CO)[C@@H]([Si](C)(C)O)[C@@H]2C)c2cc(N3C(=O)C(NCCCCO)Cc4cc(OCC)ccc43)ccc21. The first-order valence-corrected chi connectivity index (χ1v) is 23.3. The molecule has 1 saturated heterocycles. The van der Waals surface area contributed by atoms with E-state index in [0.29, 0.717) is 73.8 Å². The topological polar surface area (TPSA) is 152 Å². The second-order valence-corrected chi connectivity index (χ2v) is 20.3. The summed E-state index contributed by atoms with van der Waals surface area (Å²) in [6.45, 7) is 12.9. The van der Waals surface area contributed by atoms with E-state index in [-0.39, 0.29) is 43.9 Å². The van der Waals surface area contributed by atoms with E-state index in [1.165, 1.54) is 0 Å². The second-order valence-electron chi connectivity index (χ2n) is 16.3. The van der Waals surface area contributed by atoms with Crippen molar-refractivity contribution in [2.75, 3.05) is 42.7 Å². The van der Waals surface area contributed by atoms with E-state index in [1.54, 1.807) is 20.8 Å². The maximum Gasteiger partial charge on any atom is 0.264 e. The third-order valence-electron chi connectivity index (χ3n) is 12.3. The average molecular weight is 797 g/mol. The number of hydrogen-bond donors (Lipinski definition) is 4. The predicted octanol–water partition coefficient (Wildman–Crippen LogP) is 4.70. The average Bonchev–Trinajstić information content (AvgIpc) is 3.61. The molecule has 1 spiro atoms. The van der Waals surface area contributed by atoms with Gasteiger partial charge in [-0.15, -0.1) is 6.58 Å². The lowest BCUT2D eigenvalue weighted by atomic mass is 9.82. The molecule has 0 saturated carbocycles. The van der Waals surface area contributed by atoms with Gasteiger partial charge in [0.1, 0.15) is 5.75 Å². The number of unbranched alkanes of at least 4 members (excludes halogenated alkanes) is 1. The van der Waals surface area contributed by atoms with Crippen molar-refractivity contribution < 1.29 is 38.9 Å². The van der Waals surface area contributed by atoms with Crippen LogP contribution in [0.1, 0.15) is 55.4 Å². The Balaban J connectivity index is 1.28. The fourth-order valence-corrected chi connectivity index (χ4v) is 12.3. The molecule has 7 rings (SSSR count). The van der Waals surface area contributed by atoms with Crippen molar-refractivity contribution in [2.45, 2.75) is 94.9 Å². The Bertz CT molecular complexity index is 2020. The van der Waals surface area contributed by atoms with Gasteiger partial charge in [0.05, 0.1) is 49.2 Å². The van der Waals surface area contributed by atoms with Gasteiger partial charge in [-0.05, 0) is 105 Å². The lowest BCUT2D eigenvalue weighted by Crippen LogP contribution is -2.49. The predicted molar refractivity (Wildman–Crippen MR) is 221 cm³/mol. The lowest BCUT2D eigenvalue weighted by molar-refractivity contribution is -0.150. The molecule has 0 aromatic heterocycles. The number of hydrogen-bond acceptors (Lipinski definition) is 9. The van der Waals surface area contributed by atoms with Gasteiger partial charge in [-0.2, -0.15) is 0 Å². The van der Waals surface area contributed by atoms with Crippen LogP contribution in [0.15, 0.2) is 73.3 Å². The largest absolute Gasteiger partial charge is 0.494 e. The Labute approximate surface area is 336 Å². The highest BCUT2D eigenvalue weighted by Crippen LogP contribution is 2.60. The van der Waals surface area contributed by atoms with Gasteiger partial charge >= 0.3 is 0 Å². The fourth-order valence-electron chi connectivity index (χ4n) is 9.77. The van der Waals surface area contributed by atoms with Crippen LogP contribution in [0.5, 0.6) is 5.75 Å². The van der Waals surface area contributed by atoms with E-state index in [2.05, 4.69) is 11.9 Å². The summed E-state index contributed by atoms with van der Waals surface area (Å²) in [6.07, 6.45) is 3.13. The molecule has 1 fully saturated rings. The van der Waals surface area contributed by atoms with Crippen molar-refractivity contribution in [3.05, 3.63) is 95.6 Å². The number of carbonyl (C=O) groups is 3. The fraction of sp³-hybridized carbons (Fsp3) is 0.477. The molecule has 4 aliphatic heterocycles. The van der Waals surface area contributed by atoms with E-state index < -0.39 is 43.6 Å². The standard InChI is InChI=1S/C44H56N4O8Si/c1-6-19-46-38-16-14-32(48-37-17-15-34(55-7-2)22-31(37)23-36(42(48)52)45-18-10-11-20-49)24-35(38)44(43(46)53)28(3)41(57(4,5)54)39(56-44)25-40(51)47-26-30-13-9-8-12-29(30)21-33(47)27-50/h6,8-9,12-17,22,24,28,33,36,39,41,45,49-50,54H,1,7,10-11,18-21,23,25-27H2,2-5H3/t28-,33-,36?,39+,41-,44+/m0/s1. The second kappa shape index (κ2) is 16.5. The Hall–Kier alpha value is -4.37. The van der Waals surface area contributed by atoms with Gasteiger partial charge in [0.25, 0.3) is 5.91 Å². The van der Waals surface area contributed by atoms with Gasteiger partial charge < -0.3 is 39.6 Å². The molecule has 0 bridgehead atoms. The summed E-state index contributed by atoms with van der Waals surface area (Å²) in [5.41, 5.74) is 3.48. The molecule has 6 atom stereocenters. The Morgan fingerprint density at radius 3 is 2.49 bits per heavy atom. The minimum absolute atomic E-state index is 0.0695. The molecule has 0 aliphatic carbocycles. The minimum Gasteiger partial charge on any atom is -0.494 e. The van der Waals surface area contributed by atoms with Crippen LogP contribution in [0.25, 0.3) is 0 Å². The van der Waals surface area contributed by atoms with Gasteiger partial charge in [-0.3, -0.25) is 19.3 Å². The molecular formula is C44H56N4O8Si. The molecule has 0 radical (unpaired) electrons. The molecule has 12 nitrogen and oxygen atoms in total. The Kier molecular flexibility index (Phi) is 11.8. The molecule has 3 amide bonds. The van der Waals surface area contributed by atoms with Crippen LogP contribution in [0.4, 0.5) is 17.1 Å². The van der Waals surface area contributed by atoms with Crippen molar-refractivity contribution in [3.8, 4) is 5.75 Å². The number of rotatable bonds is 14. The van der Waals surface area contributed by atoms with Gasteiger partial charge in [0.15, 0.2) is 13.9 Å². The molecule has 4 N–H and O–H groups in total. The molecule has 4 heterocycles. The maximum atomic E-state index is 14.9. The first-order valence-electron chi connectivity index (χ1n) is 20.3. The molecule has 57 heavy (non-hydrogen) atoms. The number of nitrogens with zero attached hydrogens (tertiary/aromatic N) is 3. The Morgan fingerprint density at radius 2 is 1.79 bits per heavy atom. The van der Waals surface area contributed by atoms with Crippen molar-refractivity contribution in [1.82, 2.24) is 10.2 Å². The van der Waals surface area contributed by atoms with Crippen LogP contribution < -0.4 is 19.9 Å². The van der Waals surface area contributed by atoms with Crippen molar-refractivity contribution >= 4 is 43.1 Å². The molecule has 304 valence electrons. The van der Waals surface area contributed by atoms with Crippen LogP contribution in [0.2, 0.25) is 18.6 Å². The number of benzene rings is 3. The van der Waals surface area contributed by atoms with Crippen molar-refractivity contribution in [3.63, 3.8) is 0 Å². The summed E-state index contributed by atoms with van der Waals surface area (Å²) in [4.78, 5) is 60.7. The summed E-state index contributed by atoms with van der Waals surface area (Å²) in [6, 6.07) is 18.3. The number of ether oxygens (including phenoxy) is 2. The minimum atomic E-state index is -3.12. The number of aliphatic hydroxyl groups excluding tert-OH is 2. The smallest absolute Gasteiger partial charge is 0.264 e. The monoisotopic (exact) mass is 796 g/mol. The first kappa shape index (κ1) is 40.8. The zero-order chi connectivity index (χ0) is 40.6. The zero-order valence-corrected chi connectivity index (χ0v) is 34.4. The number of amides is 3. The number of aliphatic hydroxyl groups is 2. The molecule has 3 aromatic carbocycles. The summed E-state index contributed by atoms with van der Waals surface area (Å²) < 4.78 is 12.9. The Morgan fingerprint density at radius 1 is 1.04 bits per heavy atom. The number of fused-ring (bicyclic) bond motifs is 4. The van der Waals surface area contributed by atoms with Gasteiger partial charge in [0, 0.05) is 42.4 Å². The summed E-state index contributed by atoms with van der Waals surface area (Å²) in [5, 5.41) is 23.1. The molecule has 1 unspecified atom stereocenters. The van der Waals surface area contributed by atoms with E-state index in [0.717, 1.165) is 16.7 Å². The van der Waals surface area contributed by atoms with Crippen LogP contribution in [-0.4, -0.2) is 97.0 Å². The summed E-state index contributed by atoms with van der Waals surface area (Å²) in [5.74, 6) is -0.478. The summed E-state index contributed by atoms with van der Waals surface area (Å²) >= 11 is 0. The quantitative estimate of drug-likeness (QED) is 0.103. The van der Waals surface area contributed by atoms with E-state index in [9.17, 15) is 29.4 Å². The van der Waals surface area contributed by atoms with E-state index in [4.69, 9.17) is 9.47 Å². The van der Waals surface area contributed by atoms with Crippen molar-refractivity contribution in [2.24, 2.45) is 5.92 Å². The van der Waals surface area contributed by atoms with Crippen LogP contribution >= 0.6 is 0 Å². The van der Waals surface area contributed by atoms with Gasteiger partial charge in [-0.1, -0.05) is 37.3 Å². The maximum absolute atomic E-state index is 14.9. The molecular weight excluding hydrogens is 741 g/mol. The lowest BCUT2D eigenvalue weighted by Gasteiger charge is -2.37. The summed E-state index contributed by atoms with van der Waals surface area (Å²) in [7, 11) is -3.12. The first-order chi connectivity index (χ1) is 27.4. The highest BCUT2D eigenvalue weighted by molar-refractivity contribution is 6.71. The number of anilines is 3. The highest BCUT2D eigenvalue weighted by Gasteiger charge is 2.66. The van der Waals surface area contributed by atoms with Crippen LogP contribution in [0.3, 0.4) is 0 Å². The van der Waals surface area contributed by atoms with Gasteiger partial charge in [-0.25, -0.2) is 0 Å². The van der Waals surface area contributed by atoms with Crippen LogP contribution in [-0.2, 0) is 44.1 Å². The van der Waals surface area contributed by atoms with Crippen LogP contribution in [0, 0.1) is 5.92 Å². The number of nitrogens with one attached hydrogen (secondary N) is 1. The highest BCUT2D eigenvalue weighted by atomic mass is 28.4. The molecule has 4 aliphatic rings. The van der Waals surface area contributed by atoms with Crippen molar-refractivity contribution in [1.29, 1.82) is 0 Å². The van der Waals surface area contributed by atoms with Gasteiger partial charge in [0.2, 0.25) is 11.8 Å². The molecule has 13 heteroatoms. The van der Waals surface area contributed by atoms with E-state index >= 15 is 0 Å². The third kappa shape index (κ3) is 7.34. The normalized spacial score (nSPS) is 25.5. The third-order valence-corrected chi connectivity index (χ3v) is 14.8. The van der Waals surface area contributed by atoms with E-state index in [1.807, 2.05) is 87.6 Å². The number of carbonyl (C=O) groups excluding carboxylic acids is 3. The molecule has 3 aromatic rings. The zero-order valence-electron chi connectivity index (χ0n) is 33.4.